The molecule has 6 heteroatoms. The second kappa shape index (κ2) is 8.48. The van der Waals surface area contributed by atoms with Crippen molar-refractivity contribution in [2.45, 2.75) is 24.8 Å². The van der Waals surface area contributed by atoms with Gasteiger partial charge < -0.3 is 4.74 Å². The van der Waals surface area contributed by atoms with Crippen LogP contribution in [0.3, 0.4) is 0 Å². The van der Waals surface area contributed by atoms with Crippen LogP contribution in [-0.2, 0) is 5.75 Å². The van der Waals surface area contributed by atoms with Crippen LogP contribution in [0.5, 0.6) is 5.75 Å². The van der Waals surface area contributed by atoms with Crippen molar-refractivity contribution in [3.63, 3.8) is 0 Å². The molecule has 0 fully saturated rings. The number of aromatic nitrogens is 3. The summed E-state index contributed by atoms with van der Waals surface area (Å²) in [5.41, 5.74) is 3.50. The van der Waals surface area contributed by atoms with Gasteiger partial charge in [0.25, 0.3) is 0 Å². The summed E-state index contributed by atoms with van der Waals surface area (Å²) in [6.45, 7) is 4.72. The average molecular weight is 352 g/mol. The van der Waals surface area contributed by atoms with Crippen LogP contribution in [0.4, 0.5) is 0 Å². The van der Waals surface area contributed by atoms with Crippen molar-refractivity contribution < 1.29 is 4.74 Å². The van der Waals surface area contributed by atoms with Crippen molar-refractivity contribution in [2.75, 3.05) is 6.61 Å². The van der Waals surface area contributed by atoms with E-state index in [4.69, 9.17) is 4.74 Å². The second-order valence-corrected chi connectivity index (χ2v) is 6.42. The van der Waals surface area contributed by atoms with Crippen molar-refractivity contribution in [1.29, 1.82) is 0 Å². The van der Waals surface area contributed by atoms with Gasteiger partial charge in [-0.1, -0.05) is 41.6 Å². The van der Waals surface area contributed by atoms with E-state index in [0.29, 0.717) is 6.61 Å². The van der Waals surface area contributed by atoms with Gasteiger partial charge in [-0.3, -0.25) is 0 Å². The standard InChI is InChI=1S/C19H20N4OS/c1-3-24-18-10-8-16(9-11-18)12-21-23-14-20-22-19(23)25-13-17-6-4-15(2)5-7-17/h4-12,14H,3,13H2,1-2H3/b21-12+. The summed E-state index contributed by atoms with van der Waals surface area (Å²) in [6.07, 6.45) is 3.40. The smallest absolute Gasteiger partial charge is 0.212 e. The van der Waals surface area contributed by atoms with Gasteiger partial charge in [0.05, 0.1) is 12.8 Å². The molecular weight excluding hydrogens is 332 g/mol. The van der Waals surface area contributed by atoms with E-state index in [9.17, 15) is 0 Å². The first-order valence-electron chi connectivity index (χ1n) is 8.10. The molecule has 0 saturated heterocycles. The van der Waals surface area contributed by atoms with Crippen LogP contribution < -0.4 is 4.74 Å². The highest BCUT2D eigenvalue weighted by Crippen LogP contribution is 2.20. The zero-order valence-electron chi connectivity index (χ0n) is 14.3. The maximum absolute atomic E-state index is 5.44. The number of nitrogens with zero attached hydrogens (tertiary/aromatic N) is 4. The maximum Gasteiger partial charge on any atom is 0.212 e. The summed E-state index contributed by atoms with van der Waals surface area (Å²) >= 11 is 1.61. The van der Waals surface area contributed by atoms with Crippen LogP contribution in [0.1, 0.15) is 23.6 Å². The molecule has 25 heavy (non-hydrogen) atoms. The van der Waals surface area contributed by atoms with E-state index in [2.05, 4.69) is 46.5 Å². The van der Waals surface area contributed by atoms with E-state index in [0.717, 1.165) is 22.2 Å². The van der Waals surface area contributed by atoms with Gasteiger partial charge in [-0.15, -0.1) is 10.2 Å². The number of aryl methyl sites for hydroxylation is 1. The van der Waals surface area contributed by atoms with Gasteiger partial charge in [-0.2, -0.15) is 9.78 Å². The van der Waals surface area contributed by atoms with Crippen molar-refractivity contribution >= 4 is 18.0 Å². The Morgan fingerprint density at radius 3 is 2.60 bits per heavy atom. The molecule has 0 saturated carbocycles. The lowest BCUT2D eigenvalue weighted by molar-refractivity contribution is 0.340. The van der Waals surface area contributed by atoms with E-state index < -0.39 is 0 Å². The lowest BCUT2D eigenvalue weighted by Crippen LogP contribution is -1.94. The first kappa shape index (κ1) is 17.2. The first-order valence-corrected chi connectivity index (χ1v) is 9.09. The first-order chi connectivity index (χ1) is 12.2. The summed E-state index contributed by atoms with van der Waals surface area (Å²) in [6, 6.07) is 16.3. The molecule has 3 aromatic rings. The highest BCUT2D eigenvalue weighted by Gasteiger charge is 2.04. The largest absolute Gasteiger partial charge is 0.494 e. The fourth-order valence-electron chi connectivity index (χ4n) is 2.17. The Morgan fingerprint density at radius 1 is 1.12 bits per heavy atom. The molecule has 2 aromatic carbocycles. The molecule has 0 radical (unpaired) electrons. The van der Waals surface area contributed by atoms with Crippen LogP contribution in [0.15, 0.2) is 65.1 Å². The molecule has 0 aliphatic heterocycles. The minimum Gasteiger partial charge on any atom is -0.494 e. The Labute approximate surface area is 151 Å². The van der Waals surface area contributed by atoms with Gasteiger partial charge in [-0.05, 0) is 49.2 Å². The van der Waals surface area contributed by atoms with Crippen LogP contribution in [-0.4, -0.2) is 27.7 Å². The predicted octanol–water partition coefficient (Wildman–Crippen LogP) is 4.16. The topological polar surface area (TPSA) is 52.3 Å². The van der Waals surface area contributed by atoms with E-state index in [1.54, 1.807) is 29.0 Å². The number of benzene rings is 2. The summed E-state index contributed by atoms with van der Waals surface area (Å²) in [4.78, 5) is 0. The summed E-state index contributed by atoms with van der Waals surface area (Å²) < 4.78 is 7.13. The van der Waals surface area contributed by atoms with Gasteiger partial charge in [-0.25, -0.2) is 0 Å². The zero-order valence-corrected chi connectivity index (χ0v) is 15.1. The van der Waals surface area contributed by atoms with Crippen LogP contribution in [0.25, 0.3) is 0 Å². The van der Waals surface area contributed by atoms with E-state index in [-0.39, 0.29) is 0 Å². The lowest BCUT2D eigenvalue weighted by atomic mass is 10.2. The van der Waals surface area contributed by atoms with Crippen molar-refractivity contribution in [3.05, 3.63) is 71.5 Å². The predicted molar refractivity (Wildman–Crippen MR) is 101 cm³/mol. The minimum atomic E-state index is 0.662. The zero-order chi connectivity index (χ0) is 17.5. The fourth-order valence-corrected chi connectivity index (χ4v) is 2.99. The van der Waals surface area contributed by atoms with Crippen molar-refractivity contribution in [2.24, 2.45) is 5.10 Å². The molecule has 1 heterocycles. The molecule has 0 aliphatic rings. The molecule has 0 N–H and O–H groups in total. The van der Waals surface area contributed by atoms with E-state index in [1.807, 2.05) is 31.2 Å². The third-order valence-electron chi connectivity index (χ3n) is 3.51. The quantitative estimate of drug-likeness (QED) is 0.473. The Kier molecular flexibility index (Phi) is 5.85. The summed E-state index contributed by atoms with van der Waals surface area (Å²) in [5, 5.41) is 13.3. The average Bonchev–Trinajstić information content (AvgIpc) is 3.08. The van der Waals surface area contributed by atoms with Gasteiger partial charge in [0.1, 0.15) is 12.1 Å². The van der Waals surface area contributed by atoms with E-state index >= 15 is 0 Å². The summed E-state index contributed by atoms with van der Waals surface area (Å²) in [7, 11) is 0. The third-order valence-corrected chi connectivity index (χ3v) is 4.52. The van der Waals surface area contributed by atoms with Gasteiger partial charge in [0.15, 0.2) is 0 Å². The third kappa shape index (κ3) is 4.93. The molecule has 3 rings (SSSR count). The maximum atomic E-state index is 5.44. The monoisotopic (exact) mass is 352 g/mol. The summed E-state index contributed by atoms with van der Waals surface area (Å²) in [5.74, 6) is 1.69. The Bertz CT molecular complexity index is 825. The molecule has 0 unspecified atom stereocenters. The number of rotatable bonds is 7. The molecule has 5 nitrogen and oxygen atoms in total. The molecule has 128 valence electrons. The Morgan fingerprint density at radius 2 is 1.88 bits per heavy atom. The number of hydrogen-bond acceptors (Lipinski definition) is 5. The molecule has 0 aliphatic carbocycles. The van der Waals surface area contributed by atoms with Crippen molar-refractivity contribution in [3.8, 4) is 5.75 Å². The Hall–Kier alpha value is -2.60. The molecular formula is C19H20N4OS. The normalized spacial score (nSPS) is 11.1. The lowest BCUT2D eigenvalue weighted by Gasteiger charge is -2.03. The van der Waals surface area contributed by atoms with Crippen LogP contribution in [0, 0.1) is 6.92 Å². The molecule has 0 bridgehead atoms. The van der Waals surface area contributed by atoms with Gasteiger partial charge in [0.2, 0.25) is 5.16 Å². The molecule has 0 amide bonds. The molecule has 1 aromatic heterocycles. The molecule has 0 spiro atoms. The Balaban J connectivity index is 1.63. The number of thioether (sulfide) groups is 1. The fraction of sp³-hybridized carbons (Fsp3) is 0.211. The van der Waals surface area contributed by atoms with Crippen LogP contribution in [0.2, 0.25) is 0 Å². The second-order valence-electron chi connectivity index (χ2n) is 5.48. The van der Waals surface area contributed by atoms with Crippen molar-refractivity contribution in [1.82, 2.24) is 14.9 Å². The SMILES string of the molecule is CCOc1ccc(/C=N/n2cnnc2SCc2ccc(C)cc2)cc1. The van der Waals surface area contributed by atoms with Gasteiger partial charge >= 0.3 is 0 Å². The van der Waals surface area contributed by atoms with E-state index in [1.165, 1.54) is 11.1 Å². The van der Waals surface area contributed by atoms with Crippen LogP contribution >= 0.6 is 11.8 Å². The highest BCUT2D eigenvalue weighted by molar-refractivity contribution is 7.98. The number of hydrogen-bond donors (Lipinski definition) is 0. The van der Waals surface area contributed by atoms with Gasteiger partial charge in [0, 0.05) is 5.75 Å². The molecule has 0 atom stereocenters. The minimum absolute atomic E-state index is 0.662. The number of ether oxygens (including phenoxy) is 1. The highest BCUT2D eigenvalue weighted by atomic mass is 32.2.